The van der Waals surface area contributed by atoms with Crippen molar-refractivity contribution in [1.82, 2.24) is 14.9 Å². The Morgan fingerprint density at radius 1 is 1.15 bits per heavy atom. The first-order chi connectivity index (χ1) is 13.0. The number of carbonyl (C=O) groups excluding carboxylic acids is 1. The van der Waals surface area contributed by atoms with Gasteiger partial charge in [0.05, 0.1) is 13.2 Å². The SMILES string of the molecule is Cc1nc(Nc2ccc(Cl)cc2)cc(C(=O)N2CCC3(CC2)OCCO3)n1. The second-order valence-electron chi connectivity index (χ2n) is 6.72. The Hall–Kier alpha value is -2.22. The van der Waals surface area contributed by atoms with Crippen LogP contribution in [0.5, 0.6) is 0 Å². The minimum Gasteiger partial charge on any atom is -0.347 e. The molecule has 1 aromatic carbocycles. The molecule has 0 saturated carbocycles. The van der Waals surface area contributed by atoms with E-state index in [1.165, 1.54) is 0 Å². The fourth-order valence-corrected chi connectivity index (χ4v) is 3.55. The topological polar surface area (TPSA) is 76.6 Å². The standard InChI is InChI=1S/C19H21ClN4O3/c1-13-21-16(12-17(22-13)23-15-4-2-14(20)3-5-15)18(25)24-8-6-19(7-9-24)26-10-11-27-19/h2-5,12H,6-11H2,1H3,(H,21,22,23). The largest absolute Gasteiger partial charge is 0.347 e. The fraction of sp³-hybridized carbons (Fsp3) is 0.421. The molecule has 2 saturated heterocycles. The maximum Gasteiger partial charge on any atom is 0.272 e. The van der Waals surface area contributed by atoms with Gasteiger partial charge in [0.25, 0.3) is 5.91 Å². The van der Waals surface area contributed by atoms with Crippen molar-refractivity contribution in [2.24, 2.45) is 0 Å². The summed E-state index contributed by atoms with van der Waals surface area (Å²) in [4.78, 5) is 23.4. The number of ether oxygens (including phenoxy) is 2. The molecule has 0 unspecified atom stereocenters. The maximum absolute atomic E-state index is 12.9. The molecule has 4 rings (SSSR count). The van der Waals surface area contributed by atoms with Crippen LogP contribution in [0.3, 0.4) is 0 Å². The number of benzene rings is 1. The molecule has 0 bridgehead atoms. The van der Waals surface area contributed by atoms with Crippen LogP contribution in [-0.4, -0.2) is 52.9 Å². The third-order valence-electron chi connectivity index (χ3n) is 4.80. The molecule has 0 radical (unpaired) electrons. The first-order valence-corrected chi connectivity index (χ1v) is 9.36. The van der Waals surface area contributed by atoms with Crippen molar-refractivity contribution in [1.29, 1.82) is 0 Å². The lowest BCUT2D eigenvalue weighted by Crippen LogP contribution is -2.47. The lowest BCUT2D eigenvalue weighted by Gasteiger charge is -2.37. The molecular weight excluding hydrogens is 368 g/mol. The molecule has 1 aromatic heterocycles. The van der Waals surface area contributed by atoms with E-state index in [2.05, 4.69) is 15.3 Å². The number of likely N-dealkylation sites (tertiary alicyclic amines) is 1. The minimum absolute atomic E-state index is 0.104. The second-order valence-corrected chi connectivity index (χ2v) is 7.15. The number of aromatic nitrogens is 2. The van der Waals surface area contributed by atoms with Gasteiger partial charge in [-0.3, -0.25) is 4.79 Å². The van der Waals surface area contributed by atoms with E-state index in [1.807, 2.05) is 12.1 Å². The van der Waals surface area contributed by atoms with E-state index in [-0.39, 0.29) is 5.91 Å². The molecule has 1 spiro atoms. The Labute approximate surface area is 162 Å². The Morgan fingerprint density at radius 2 is 1.81 bits per heavy atom. The van der Waals surface area contributed by atoms with E-state index in [9.17, 15) is 4.79 Å². The molecule has 2 fully saturated rings. The third kappa shape index (κ3) is 4.05. The second kappa shape index (κ2) is 7.42. The van der Waals surface area contributed by atoms with Gasteiger partial charge in [-0.2, -0.15) is 0 Å². The first-order valence-electron chi connectivity index (χ1n) is 8.99. The Balaban J connectivity index is 1.47. The van der Waals surface area contributed by atoms with E-state index in [4.69, 9.17) is 21.1 Å². The van der Waals surface area contributed by atoms with Gasteiger partial charge in [0.2, 0.25) is 0 Å². The fourth-order valence-electron chi connectivity index (χ4n) is 3.42. The van der Waals surface area contributed by atoms with Crippen molar-refractivity contribution in [3.05, 3.63) is 46.9 Å². The van der Waals surface area contributed by atoms with Gasteiger partial charge in [-0.05, 0) is 31.2 Å². The molecule has 2 aromatic rings. The summed E-state index contributed by atoms with van der Waals surface area (Å²) in [5.41, 5.74) is 1.22. The van der Waals surface area contributed by atoms with Crippen molar-refractivity contribution in [3.63, 3.8) is 0 Å². The summed E-state index contributed by atoms with van der Waals surface area (Å²) >= 11 is 5.92. The Kier molecular flexibility index (Phi) is 4.99. The zero-order valence-corrected chi connectivity index (χ0v) is 15.8. The lowest BCUT2D eigenvalue weighted by molar-refractivity contribution is -0.181. The van der Waals surface area contributed by atoms with Crippen LogP contribution in [0.15, 0.2) is 30.3 Å². The number of piperidine rings is 1. The van der Waals surface area contributed by atoms with Crippen LogP contribution in [0.2, 0.25) is 5.02 Å². The number of hydrogen-bond donors (Lipinski definition) is 1. The number of anilines is 2. The molecule has 1 N–H and O–H groups in total. The zero-order valence-electron chi connectivity index (χ0n) is 15.1. The number of rotatable bonds is 3. The van der Waals surface area contributed by atoms with Crippen LogP contribution in [0.4, 0.5) is 11.5 Å². The van der Waals surface area contributed by atoms with Gasteiger partial charge in [0.15, 0.2) is 5.79 Å². The highest BCUT2D eigenvalue weighted by molar-refractivity contribution is 6.30. The molecular formula is C19H21ClN4O3. The summed E-state index contributed by atoms with van der Waals surface area (Å²) in [5.74, 6) is 0.504. The molecule has 7 nitrogen and oxygen atoms in total. The van der Waals surface area contributed by atoms with Gasteiger partial charge < -0.3 is 19.7 Å². The summed E-state index contributed by atoms with van der Waals surface area (Å²) < 4.78 is 11.4. The van der Waals surface area contributed by atoms with Crippen molar-refractivity contribution in [3.8, 4) is 0 Å². The van der Waals surface area contributed by atoms with Gasteiger partial charge >= 0.3 is 0 Å². The lowest BCUT2D eigenvalue weighted by atomic mass is 10.0. The number of halogens is 1. The molecule has 2 aliphatic heterocycles. The molecule has 0 atom stereocenters. The number of nitrogens with zero attached hydrogens (tertiary/aromatic N) is 3. The molecule has 8 heteroatoms. The van der Waals surface area contributed by atoms with Gasteiger partial charge in [-0.15, -0.1) is 0 Å². The van der Waals surface area contributed by atoms with Crippen LogP contribution in [0.1, 0.15) is 29.2 Å². The number of nitrogens with one attached hydrogen (secondary N) is 1. The summed E-state index contributed by atoms with van der Waals surface area (Å²) in [5, 5.41) is 3.85. The van der Waals surface area contributed by atoms with Crippen LogP contribution < -0.4 is 5.32 Å². The van der Waals surface area contributed by atoms with Crippen LogP contribution in [0, 0.1) is 6.92 Å². The van der Waals surface area contributed by atoms with Gasteiger partial charge in [-0.1, -0.05) is 11.6 Å². The van der Waals surface area contributed by atoms with Gasteiger partial charge in [0, 0.05) is 42.7 Å². The zero-order chi connectivity index (χ0) is 18.9. The van der Waals surface area contributed by atoms with Crippen LogP contribution in [0.25, 0.3) is 0 Å². The minimum atomic E-state index is -0.500. The first kappa shape index (κ1) is 18.2. The van der Waals surface area contributed by atoms with Crippen LogP contribution >= 0.6 is 11.6 Å². The quantitative estimate of drug-likeness (QED) is 0.870. The highest BCUT2D eigenvalue weighted by Gasteiger charge is 2.41. The number of aryl methyl sites for hydroxylation is 1. The number of carbonyl (C=O) groups is 1. The molecule has 0 aliphatic carbocycles. The van der Waals surface area contributed by atoms with E-state index in [0.717, 1.165) is 5.69 Å². The van der Waals surface area contributed by atoms with E-state index in [1.54, 1.807) is 30.0 Å². The molecule has 2 aliphatic rings. The summed E-state index contributed by atoms with van der Waals surface area (Å²) in [7, 11) is 0. The number of hydrogen-bond acceptors (Lipinski definition) is 6. The van der Waals surface area contributed by atoms with Gasteiger partial charge in [-0.25, -0.2) is 9.97 Å². The average molecular weight is 389 g/mol. The van der Waals surface area contributed by atoms with Crippen molar-refractivity contribution < 1.29 is 14.3 Å². The van der Waals surface area contributed by atoms with Crippen molar-refractivity contribution in [2.45, 2.75) is 25.6 Å². The predicted molar refractivity (Wildman–Crippen MR) is 101 cm³/mol. The van der Waals surface area contributed by atoms with E-state index >= 15 is 0 Å². The van der Waals surface area contributed by atoms with Crippen LogP contribution in [-0.2, 0) is 9.47 Å². The Morgan fingerprint density at radius 3 is 2.48 bits per heavy atom. The Bertz CT molecular complexity index is 827. The third-order valence-corrected chi connectivity index (χ3v) is 5.05. The predicted octanol–water partition coefficient (Wildman–Crippen LogP) is 3.16. The van der Waals surface area contributed by atoms with E-state index < -0.39 is 5.79 Å². The summed E-state index contributed by atoms with van der Waals surface area (Å²) in [6.07, 6.45) is 1.36. The van der Waals surface area contributed by atoms with E-state index in [0.29, 0.717) is 61.5 Å². The highest BCUT2D eigenvalue weighted by Crippen LogP contribution is 2.31. The summed E-state index contributed by atoms with van der Waals surface area (Å²) in [6.45, 7) is 4.19. The molecule has 142 valence electrons. The average Bonchev–Trinajstić information content (AvgIpc) is 3.11. The smallest absolute Gasteiger partial charge is 0.272 e. The number of amides is 1. The van der Waals surface area contributed by atoms with Crippen molar-refractivity contribution >= 4 is 29.0 Å². The summed E-state index contributed by atoms with van der Waals surface area (Å²) in [6, 6.07) is 8.97. The normalized spacial score (nSPS) is 18.7. The molecule has 1 amide bonds. The molecule has 3 heterocycles. The monoisotopic (exact) mass is 388 g/mol. The maximum atomic E-state index is 12.9. The van der Waals surface area contributed by atoms with Crippen molar-refractivity contribution in [2.75, 3.05) is 31.6 Å². The molecule has 27 heavy (non-hydrogen) atoms. The van der Waals surface area contributed by atoms with Gasteiger partial charge in [0.1, 0.15) is 17.3 Å². The highest BCUT2D eigenvalue weighted by atomic mass is 35.5.